The minimum absolute atomic E-state index is 0.187. The van der Waals surface area contributed by atoms with Gasteiger partial charge in [0, 0.05) is 12.8 Å². The van der Waals surface area contributed by atoms with Crippen molar-refractivity contribution >= 4 is 19.8 Å². The molecule has 0 bridgehead atoms. The van der Waals surface area contributed by atoms with Crippen LogP contribution in [0.4, 0.5) is 0 Å². The van der Waals surface area contributed by atoms with E-state index in [0.717, 1.165) is 44.9 Å². The molecule has 0 aliphatic carbocycles. The summed E-state index contributed by atoms with van der Waals surface area (Å²) in [7, 11) is -4.60. The van der Waals surface area contributed by atoms with Crippen LogP contribution in [0, 0.1) is 0 Å². The van der Waals surface area contributed by atoms with Crippen LogP contribution in [-0.4, -0.2) is 65.7 Å². The Kier molecular flexibility index (Phi) is 32.3. The molecule has 0 aromatic carbocycles. The van der Waals surface area contributed by atoms with Gasteiger partial charge in [-0.3, -0.25) is 18.6 Å². The number of phosphoric acid groups is 1. The van der Waals surface area contributed by atoms with Crippen molar-refractivity contribution in [1.29, 1.82) is 0 Å². The molecule has 0 aromatic heterocycles. The van der Waals surface area contributed by atoms with Crippen LogP contribution in [0.2, 0.25) is 0 Å². The molecule has 0 amide bonds. The summed E-state index contributed by atoms with van der Waals surface area (Å²) in [5, 5.41) is 18.2. The maximum absolute atomic E-state index is 12.5. The number of esters is 2. The van der Waals surface area contributed by atoms with E-state index in [0.29, 0.717) is 12.8 Å². The summed E-state index contributed by atoms with van der Waals surface area (Å²) < 4.78 is 32.5. The van der Waals surface area contributed by atoms with Crippen LogP contribution in [0.5, 0.6) is 0 Å². The second kappa shape index (κ2) is 33.2. The Balaban J connectivity index is 4.29. The van der Waals surface area contributed by atoms with Crippen LogP contribution in [0.3, 0.4) is 0 Å². The van der Waals surface area contributed by atoms with Crippen molar-refractivity contribution < 1.29 is 47.8 Å². The average molecular weight is 693 g/mol. The van der Waals surface area contributed by atoms with Crippen LogP contribution >= 0.6 is 7.82 Å². The zero-order chi connectivity index (χ0) is 34.9. The van der Waals surface area contributed by atoms with E-state index >= 15 is 0 Å². The number of allylic oxidation sites excluding steroid dienone is 1. The zero-order valence-electron chi connectivity index (χ0n) is 29.6. The highest BCUT2D eigenvalue weighted by Crippen LogP contribution is 2.43. The zero-order valence-corrected chi connectivity index (χ0v) is 30.5. The van der Waals surface area contributed by atoms with Gasteiger partial charge in [0.1, 0.15) is 12.7 Å². The molecular weight excluding hydrogens is 623 g/mol. The number of ether oxygens (including phenoxy) is 2. The molecule has 278 valence electrons. The molecule has 0 aliphatic heterocycles. The summed E-state index contributed by atoms with van der Waals surface area (Å²) in [6, 6.07) is 0. The van der Waals surface area contributed by atoms with Gasteiger partial charge in [-0.05, 0) is 25.7 Å². The molecule has 0 aromatic rings. The predicted octanol–water partition coefficient (Wildman–Crippen LogP) is 8.89. The van der Waals surface area contributed by atoms with Crippen LogP contribution in [0.15, 0.2) is 12.7 Å². The van der Waals surface area contributed by atoms with Crippen molar-refractivity contribution in [3.05, 3.63) is 12.7 Å². The van der Waals surface area contributed by atoms with E-state index in [1.54, 1.807) is 0 Å². The minimum atomic E-state index is -4.60. The number of unbranched alkanes of at least 4 members (excludes halogenated alkanes) is 21. The SMILES string of the molecule is C=CCCCCCCCCCCCCCCCC(=O)OC[C@@H](COP(=O)(O)OC[C@H](O)CO)OC(=O)CCCCCCCCCCC. The Labute approximate surface area is 286 Å². The second-order valence-electron chi connectivity index (χ2n) is 12.7. The molecule has 0 rings (SSSR count). The smallest absolute Gasteiger partial charge is 0.462 e. The Morgan fingerprint density at radius 3 is 1.55 bits per heavy atom. The number of aliphatic hydroxyl groups is 2. The van der Waals surface area contributed by atoms with Gasteiger partial charge in [-0.15, -0.1) is 6.58 Å². The van der Waals surface area contributed by atoms with Gasteiger partial charge in [0.15, 0.2) is 6.10 Å². The normalized spacial score (nSPS) is 14.0. The molecule has 0 spiro atoms. The first-order valence-electron chi connectivity index (χ1n) is 18.6. The largest absolute Gasteiger partial charge is 0.472 e. The van der Waals surface area contributed by atoms with Crippen LogP contribution in [0.1, 0.15) is 167 Å². The fourth-order valence-corrected chi connectivity index (χ4v) is 5.94. The fourth-order valence-electron chi connectivity index (χ4n) is 5.15. The number of phosphoric ester groups is 1. The number of carbonyl (C=O) groups is 2. The lowest BCUT2D eigenvalue weighted by Crippen LogP contribution is -2.29. The highest BCUT2D eigenvalue weighted by atomic mass is 31.2. The van der Waals surface area contributed by atoms with Crippen molar-refractivity contribution in [3.8, 4) is 0 Å². The molecule has 0 heterocycles. The monoisotopic (exact) mass is 692 g/mol. The Morgan fingerprint density at radius 2 is 1.09 bits per heavy atom. The topological polar surface area (TPSA) is 149 Å². The summed E-state index contributed by atoms with van der Waals surface area (Å²) in [4.78, 5) is 34.7. The molecule has 0 fully saturated rings. The maximum Gasteiger partial charge on any atom is 0.472 e. The van der Waals surface area contributed by atoms with E-state index in [2.05, 4.69) is 18.0 Å². The molecule has 0 radical (unpaired) electrons. The molecule has 11 heteroatoms. The fraction of sp³-hybridized carbons (Fsp3) is 0.889. The molecule has 0 aliphatic rings. The van der Waals surface area contributed by atoms with Crippen LogP contribution < -0.4 is 0 Å². The molecule has 10 nitrogen and oxygen atoms in total. The molecule has 3 N–H and O–H groups in total. The summed E-state index contributed by atoms with van der Waals surface area (Å²) in [6.45, 7) is 3.86. The number of aliphatic hydroxyl groups excluding tert-OH is 2. The van der Waals surface area contributed by atoms with Gasteiger partial charge in [-0.2, -0.15) is 0 Å². The van der Waals surface area contributed by atoms with Crippen molar-refractivity contribution in [2.24, 2.45) is 0 Å². The van der Waals surface area contributed by atoms with Gasteiger partial charge in [0.2, 0.25) is 0 Å². The van der Waals surface area contributed by atoms with E-state index in [9.17, 15) is 24.2 Å². The first-order valence-corrected chi connectivity index (χ1v) is 20.1. The first-order chi connectivity index (χ1) is 22.7. The third kappa shape index (κ3) is 33.0. The van der Waals surface area contributed by atoms with Gasteiger partial charge in [0.25, 0.3) is 0 Å². The summed E-state index contributed by atoms with van der Waals surface area (Å²) in [5.74, 6) is -0.926. The van der Waals surface area contributed by atoms with Gasteiger partial charge >= 0.3 is 19.8 Å². The van der Waals surface area contributed by atoms with Crippen LogP contribution in [-0.2, 0) is 32.7 Å². The van der Waals surface area contributed by atoms with Crippen molar-refractivity contribution in [1.82, 2.24) is 0 Å². The molecular formula is C36H69O10P. The van der Waals surface area contributed by atoms with Gasteiger partial charge < -0.3 is 24.6 Å². The first kappa shape index (κ1) is 45.7. The predicted molar refractivity (Wildman–Crippen MR) is 187 cm³/mol. The third-order valence-electron chi connectivity index (χ3n) is 8.07. The highest BCUT2D eigenvalue weighted by Gasteiger charge is 2.27. The molecule has 47 heavy (non-hydrogen) atoms. The van der Waals surface area contributed by atoms with Crippen LogP contribution in [0.25, 0.3) is 0 Å². The lowest BCUT2D eigenvalue weighted by atomic mass is 10.0. The standard InChI is InChI=1S/C36H69O10P/c1-3-5-7-9-11-13-14-15-16-17-18-20-21-23-25-27-35(39)43-31-34(32-45-47(41,42)44-30-33(38)29-37)46-36(40)28-26-24-22-19-12-10-8-6-4-2/h3,33-34,37-38H,1,4-32H2,2H3,(H,41,42)/t33-,34+/m1/s1. The maximum atomic E-state index is 12.5. The van der Waals surface area contributed by atoms with E-state index in [1.807, 2.05) is 6.08 Å². The van der Waals surface area contributed by atoms with Crippen molar-refractivity contribution in [3.63, 3.8) is 0 Å². The Hall–Kier alpha value is -1.29. The van der Waals surface area contributed by atoms with E-state index in [-0.39, 0.29) is 19.4 Å². The van der Waals surface area contributed by atoms with E-state index < -0.39 is 51.8 Å². The summed E-state index contributed by atoms with van der Waals surface area (Å²) in [6.07, 6.45) is 26.6. The van der Waals surface area contributed by atoms with Gasteiger partial charge in [-0.1, -0.05) is 135 Å². The average Bonchev–Trinajstić information content (AvgIpc) is 3.05. The number of hydrogen-bond donors (Lipinski definition) is 3. The van der Waals surface area contributed by atoms with Crippen molar-refractivity contribution in [2.75, 3.05) is 26.4 Å². The number of rotatable bonds is 36. The minimum Gasteiger partial charge on any atom is -0.462 e. The number of hydrogen-bond acceptors (Lipinski definition) is 9. The van der Waals surface area contributed by atoms with Gasteiger partial charge in [0.05, 0.1) is 19.8 Å². The quantitative estimate of drug-likeness (QED) is 0.0252. The lowest BCUT2D eigenvalue weighted by molar-refractivity contribution is -0.161. The Bertz CT molecular complexity index is 794. The second-order valence-corrected chi connectivity index (χ2v) is 14.1. The summed E-state index contributed by atoms with van der Waals surface area (Å²) in [5.41, 5.74) is 0. The Morgan fingerprint density at radius 1 is 0.660 bits per heavy atom. The highest BCUT2D eigenvalue weighted by molar-refractivity contribution is 7.47. The molecule has 0 saturated heterocycles. The van der Waals surface area contributed by atoms with E-state index in [4.69, 9.17) is 19.1 Å². The van der Waals surface area contributed by atoms with Crippen molar-refractivity contribution in [2.45, 2.75) is 180 Å². The lowest BCUT2D eigenvalue weighted by Gasteiger charge is -2.20. The summed E-state index contributed by atoms with van der Waals surface area (Å²) >= 11 is 0. The number of carbonyl (C=O) groups excluding carboxylic acids is 2. The molecule has 1 unspecified atom stereocenters. The van der Waals surface area contributed by atoms with E-state index in [1.165, 1.54) is 89.9 Å². The molecule has 3 atom stereocenters. The third-order valence-corrected chi connectivity index (χ3v) is 9.02. The van der Waals surface area contributed by atoms with Gasteiger partial charge in [-0.25, -0.2) is 4.57 Å². The molecule has 0 saturated carbocycles.